The van der Waals surface area contributed by atoms with Crippen LogP contribution in [-0.2, 0) is 0 Å². The van der Waals surface area contributed by atoms with Gasteiger partial charge in [0.05, 0.1) is 0 Å². The van der Waals surface area contributed by atoms with Crippen molar-refractivity contribution in [3.8, 4) is 0 Å². The zero-order valence-electron chi connectivity index (χ0n) is 11.2. The molecule has 0 saturated carbocycles. The van der Waals surface area contributed by atoms with E-state index >= 15 is 0 Å². The molecular formula is C14H16N6. The number of para-hydroxylation sites is 1. The zero-order chi connectivity index (χ0) is 13.8. The standard InChI is InChI=1S/C14H16N6/c1-2-8-15-12-11-13(17-9-16-12)20-14(19-11)18-10-6-4-3-5-7-10/h3-7,9H,2,8H2,1H3,(H3,15,16,17,18,19,20). The molecule has 20 heavy (non-hydrogen) atoms. The average molecular weight is 268 g/mol. The molecule has 0 bridgehead atoms. The molecular weight excluding hydrogens is 252 g/mol. The van der Waals surface area contributed by atoms with E-state index in [9.17, 15) is 0 Å². The Hall–Kier alpha value is -2.63. The number of nitrogens with zero attached hydrogens (tertiary/aromatic N) is 3. The Labute approximate surface area is 116 Å². The van der Waals surface area contributed by atoms with Gasteiger partial charge in [-0.05, 0) is 18.6 Å². The molecule has 102 valence electrons. The Morgan fingerprint density at radius 1 is 1.15 bits per heavy atom. The van der Waals surface area contributed by atoms with Gasteiger partial charge in [-0.15, -0.1) is 0 Å². The maximum atomic E-state index is 4.42. The quantitative estimate of drug-likeness (QED) is 0.663. The van der Waals surface area contributed by atoms with Crippen molar-refractivity contribution in [3.05, 3.63) is 36.7 Å². The molecule has 0 fully saturated rings. The van der Waals surface area contributed by atoms with Crippen LogP contribution in [0.1, 0.15) is 13.3 Å². The van der Waals surface area contributed by atoms with Gasteiger partial charge < -0.3 is 15.6 Å². The molecule has 0 aliphatic carbocycles. The molecule has 3 rings (SSSR count). The van der Waals surface area contributed by atoms with Crippen LogP contribution in [0.5, 0.6) is 0 Å². The molecule has 2 heterocycles. The summed E-state index contributed by atoms with van der Waals surface area (Å²) in [5, 5.41) is 6.48. The van der Waals surface area contributed by atoms with Gasteiger partial charge in [-0.25, -0.2) is 9.97 Å². The molecule has 0 spiro atoms. The predicted molar refractivity (Wildman–Crippen MR) is 80.2 cm³/mol. The van der Waals surface area contributed by atoms with E-state index in [2.05, 4.69) is 37.5 Å². The number of aromatic amines is 1. The van der Waals surface area contributed by atoms with Crippen LogP contribution in [0.15, 0.2) is 36.7 Å². The first-order valence-corrected chi connectivity index (χ1v) is 6.63. The summed E-state index contributed by atoms with van der Waals surface area (Å²) in [5.74, 6) is 1.44. The second-order valence-corrected chi connectivity index (χ2v) is 4.42. The van der Waals surface area contributed by atoms with Crippen LogP contribution in [0.25, 0.3) is 11.2 Å². The van der Waals surface area contributed by atoms with Crippen molar-refractivity contribution >= 4 is 28.6 Å². The van der Waals surface area contributed by atoms with Crippen molar-refractivity contribution in [2.24, 2.45) is 0 Å². The molecule has 0 saturated heterocycles. The first-order chi connectivity index (χ1) is 9.86. The number of H-pyrrole nitrogens is 1. The van der Waals surface area contributed by atoms with E-state index in [4.69, 9.17) is 0 Å². The molecule has 0 radical (unpaired) electrons. The molecule has 1 aromatic carbocycles. The number of hydrogen-bond acceptors (Lipinski definition) is 5. The normalized spacial score (nSPS) is 10.7. The highest BCUT2D eigenvalue weighted by molar-refractivity contribution is 5.84. The molecule has 0 aliphatic rings. The Morgan fingerprint density at radius 2 is 2.00 bits per heavy atom. The maximum Gasteiger partial charge on any atom is 0.207 e. The summed E-state index contributed by atoms with van der Waals surface area (Å²) >= 11 is 0. The van der Waals surface area contributed by atoms with E-state index in [1.165, 1.54) is 6.33 Å². The third-order valence-electron chi connectivity index (χ3n) is 2.87. The number of nitrogens with one attached hydrogen (secondary N) is 3. The lowest BCUT2D eigenvalue weighted by Crippen LogP contribution is -2.02. The fraction of sp³-hybridized carbons (Fsp3) is 0.214. The van der Waals surface area contributed by atoms with Crippen molar-refractivity contribution in [1.82, 2.24) is 19.9 Å². The molecule has 0 amide bonds. The number of aromatic nitrogens is 4. The van der Waals surface area contributed by atoms with E-state index in [0.717, 1.165) is 30.0 Å². The SMILES string of the molecule is CCCNc1ncnc2nc(Nc3ccccc3)[nH]c12. The first kappa shape index (κ1) is 12.4. The molecule has 2 aromatic heterocycles. The van der Waals surface area contributed by atoms with E-state index in [1.54, 1.807) is 0 Å². The molecule has 3 aromatic rings. The highest BCUT2D eigenvalue weighted by atomic mass is 15.2. The van der Waals surface area contributed by atoms with Crippen LogP contribution in [-0.4, -0.2) is 26.5 Å². The Kier molecular flexibility index (Phi) is 3.45. The third kappa shape index (κ3) is 2.54. The number of fused-ring (bicyclic) bond motifs is 1. The smallest absolute Gasteiger partial charge is 0.207 e. The second kappa shape index (κ2) is 5.56. The van der Waals surface area contributed by atoms with E-state index in [0.29, 0.717) is 11.6 Å². The minimum atomic E-state index is 0.650. The lowest BCUT2D eigenvalue weighted by molar-refractivity contribution is 0.968. The van der Waals surface area contributed by atoms with Crippen LogP contribution in [0.3, 0.4) is 0 Å². The van der Waals surface area contributed by atoms with Gasteiger partial charge in [0.2, 0.25) is 5.95 Å². The van der Waals surface area contributed by atoms with Crippen LogP contribution >= 0.6 is 0 Å². The van der Waals surface area contributed by atoms with E-state index in [1.807, 2.05) is 30.3 Å². The van der Waals surface area contributed by atoms with Crippen molar-refractivity contribution in [1.29, 1.82) is 0 Å². The topological polar surface area (TPSA) is 78.5 Å². The number of hydrogen-bond donors (Lipinski definition) is 3. The van der Waals surface area contributed by atoms with Gasteiger partial charge in [0.25, 0.3) is 0 Å². The summed E-state index contributed by atoms with van der Waals surface area (Å²) in [5.41, 5.74) is 2.44. The number of rotatable bonds is 5. The van der Waals surface area contributed by atoms with Gasteiger partial charge in [0, 0.05) is 12.2 Å². The van der Waals surface area contributed by atoms with Gasteiger partial charge >= 0.3 is 0 Å². The Balaban J connectivity index is 1.90. The van der Waals surface area contributed by atoms with Crippen molar-refractivity contribution in [3.63, 3.8) is 0 Å². The fourth-order valence-electron chi connectivity index (χ4n) is 1.92. The highest BCUT2D eigenvalue weighted by Gasteiger charge is 2.09. The van der Waals surface area contributed by atoms with Gasteiger partial charge in [0.1, 0.15) is 11.8 Å². The Bertz CT molecular complexity index is 691. The molecule has 3 N–H and O–H groups in total. The molecule has 0 atom stereocenters. The minimum absolute atomic E-state index is 0.650. The van der Waals surface area contributed by atoms with Crippen LogP contribution in [0.4, 0.5) is 17.5 Å². The molecule has 0 unspecified atom stereocenters. The fourth-order valence-corrected chi connectivity index (χ4v) is 1.92. The second-order valence-electron chi connectivity index (χ2n) is 4.42. The van der Waals surface area contributed by atoms with Crippen molar-refractivity contribution < 1.29 is 0 Å². The number of benzene rings is 1. The van der Waals surface area contributed by atoms with Gasteiger partial charge in [-0.3, -0.25) is 0 Å². The monoisotopic (exact) mass is 268 g/mol. The van der Waals surface area contributed by atoms with E-state index in [-0.39, 0.29) is 0 Å². The Morgan fingerprint density at radius 3 is 2.80 bits per heavy atom. The summed E-state index contributed by atoms with van der Waals surface area (Å²) < 4.78 is 0. The lowest BCUT2D eigenvalue weighted by Gasteiger charge is -2.03. The number of imidazole rings is 1. The summed E-state index contributed by atoms with van der Waals surface area (Å²) in [6, 6.07) is 9.88. The van der Waals surface area contributed by atoms with Crippen LogP contribution in [0, 0.1) is 0 Å². The summed E-state index contributed by atoms with van der Waals surface area (Å²) in [6.45, 7) is 2.98. The van der Waals surface area contributed by atoms with Gasteiger partial charge in [0.15, 0.2) is 11.5 Å². The molecule has 6 nitrogen and oxygen atoms in total. The van der Waals surface area contributed by atoms with E-state index < -0.39 is 0 Å². The molecule has 6 heteroatoms. The predicted octanol–water partition coefficient (Wildman–Crippen LogP) is 2.92. The summed E-state index contributed by atoms with van der Waals surface area (Å²) in [6.07, 6.45) is 2.56. The highest BCUT2D eigenvalue weighted by Crippen LogP contribution is 2.20. The lowest BCUT2D eigenvalue weighted by atomic mass is 10.3. The van der Waals surface area contributed by atoms with Gasteiger partial charge in [-0.1, -0.05) is 25.1 Å². The largest absolute Gasteiger partial charge is 0.368 e. The average Bonchev–Trinajstić information content (AvgIpc) is 2.89. The van der Waals surface area contributed by atoms with Crippen LogP contribution in [0.2, 0.25) is 0 Å². The summed E-state index contributed by atoms with van der Waals surface area (Å²) in [7, 11) is 0. The van der Waals surface area contributed by atoms with Crippen LogP contribution < -0.4 is 10.6 Å². The maximum absolute atomic E-state index is 4.42. The summed E-state index contributed by atoms with van der Waals surface area (Å²) in [4.78, 5) is 16.1. The third-order valence-corrected chi connectivity index (χ3v) is 2.87. The van der Waals surface area contributed by atoms with Gasteiger partial charge in [-0.2, -0.15) is 4.98 Å². The minimum Gasteiger partial charge on any atom is -0.368 e. The first-order valence-electron chi connectivity index (χ1n) is 6.63. The number of anilines is 3. The zero-order valence-corrected chi connectivity index (χ0v) is 11.2. The molecule has 0 aliphatic heterocycles. The van der Waals surface area contributed by atoms with Crippen molar-refractivity contribution in [2.45, 2.75) is 13.3 Å². The van der Waals surface area contributed by atoms with Crippen molar-refractivity contribution in [2.75, 3.05) is 17.2 Å².